The molecule has 0 aromatic rings. The standard InChI is InChI=1S/C11H20NO.Lr/c1-10-7-11(9-13-8-10)3-5-12(2)6-4-11;/h3-9H2,1-2H3;/q-1;. The molecule has 0 N–H and O–H groups in total. The van der Waals surface area contributed by atoms with Gasteiger partial charge < -0.3 is 9.64 Å². The number of nitrogens with zero attached hydrogens (tertiary/aromatic N) is 1. The van der Waals surface area contributed by atoms with E-state index in [0.29, 0.717) is 5.41 Å². The molecule has 1 spiro atoms. The van der Waals surface area contributed by atoms with E-state index in [4.69, 9.17) is 4.74 Å². The minimum Gasteiger partial charge on any atom is -0.412 e. The van der Waals surface area contributed by atoms with Gasteiger partial charge in [-0.3, -0.25) is 5.92 Å². The molecule has 0 aromatic carbocycles. The third-order valence-electron chi connectivity index (χ3n) is 3.48. The van der Waals surface area contributed by atoms with Crippen LogP contribution in [0.1, 0.15) is 26.2 Å². The maximum absolute atomic E-state index is 5.65. The molecule has 2 saturated heterocycles. The topological polar surface area (TPSA) is 12.5 Å². The summed E-state index contributed by atoms with van der Waals surface area (Å²) in [6.07, 6.45) is 3.95. The molecule has 0 aliphatic carbocycles. The average molecular weight is 444 g/mol. The second-order valence-electron chi connectivity index (χ2n) is 4.93. The van der Waals surface area contributed by atoms with Gasteiger partial charge in [-0.1, -0.05) is 6.61 Å². The van der Waals surface area contributed by atoms with Gasteiger partial charge in [-0.05, 0) is 38.4 Å². The van der Waals surface area contributed by atoms with Crippen LogP contribution in [0.4, 0.5) is 0 Å². The molecule has 2 nitrogen and oxygen atoms in total. The Morgan fingerprint density at radius 3 is 2.50 bits per heavy atom. The van der Waals surface area contributed by atoms with Crippen LogP contribution in [0.3, 0.4) is 0 Å². The third kappa shape index (κ3) is 2.05. The van der Waals surface area contributed by atoms with Gasteiger partial charge in [-0.2, -0.15) is 13.3 Å². The Kier molecular flexibility index (Phi) is 3.12. The van der Waals surface area contributed by atoms with E-state index in [9.17, 15) is 0 Å². The van der Waals surface area contributed by atoms with E-state index >= 15 is 0 Å². The van der Waals surface area contributed by atoms with Crippen molar-refractivity contribution in [1.29, 1.82) is 0 Å². The van der Waals surface area contributed by atoms with Crippen molar-refractivity contribution < 1.29 is 4.74 Å². The van der Waals surface area contributed by atoms with E-state index in [2.05, 4.69) is 18.9 Å². The van der Waals surface area contributed by atoms with Gasteiger partial charge in [0, 0.05) is 6.61 Å². The molecule has 14 heavy (non-hydrogen) atoms. The second kappa shape index (κ2) is 3.97. The molecule has 91 valence electrons. The fraction of sp³-hybridized carbons (Fsp3) is 0.909. The monoisotopic (exact) mass is 444 g/mol. The predicted molar refractivity (Wildman–Crippen MR) is 53.5 cm³/mol. The molecule has 2 aliphatic heterocycles. The normalized spacial score (nSPS) is 28.7. The average Bonchev–Trinajstić information content (AvgIpc) is 2.11. The van der Waals surface area contributed by atoms with Crippen molar-refractivity contribution in [3.63, 3.8) is 0 Å². The van der Waals surface area contributed by atoms with Crippen LogP contribution in [0.15, 0.2) is 0 Å². The van der Waals surface area contributed by atoms with E-state index in [1.807, 2.05) is 0 Å². The van der Waals surface area contributed by atoms with Crippen LogP contribution in [0.5, 0.6) is 0 Å². The molecule has 1 radical (unpaired) electrons. The zero-order chi connectivity index (χ0) is 9.31. The molecule has 0 atom stereocenters. The van der Waals surface area contributed by atoms with Crippen LogP contribution in [0.25, 0.3) is 0 Å². The maximum atomic E-state index is 5.65. The molecule has 2 heterocycles. The van der Waals surface area contributed by atoms with Crippen LogP contribution in [0, 0.1) is 11.3 Å². The Hall–Kier alpha value is -1.08. The van der Waals surface area contributed by atoms with E-state index in [0.717, 1.165) is 13.2 Å². The van der Waals surface area contributed by atoms with Gasteiger partial charge in [-0.25, -0.2) is 0 Å². The summed E-state index contributed by atoms with van der Waals surface area (Å²) in [5, 5.41) is 0. The fourth-order valence-electron chi connectivity index (χ4n) is 2.60. The van der Waals surface area contributed by atoms with Crippen molar-refractivity contribution in [3.8, 4) is 0 Å². The summed E-state index contributed by atoms with van der Waals surface area (Å²) in [5.41, 5.74) is 0.509. The fourth-order valence-corrected chi connectivity index (χ4v) is 2.60. The van der Waals surface area contributed by atoms with Gasteiger partial charge in [0.2, 0.25) is 0 Å². The molecule has 0 aromatic heterocycles. The number of piperidine rings is 1. The molecule has 0 bridgehead atoms. The van der Waals surface area contributed by atoms with E-state index < -0.39 is 0 Å². The first kappa shape index (κ1) is 11.0. The Balaban J connectivity index is 0.000000980. The van der Waals surface area contributed by atoms with E-state index in [-0.39, 0.29) is 0 Å². The van der Waals surface area contributed by atoms with Gasteiger partial charge in [0.15, 0.2) is 0 Å². The number of hydrogen-bond acceptors (Lipinski definition) is 2. The second-order valence-corrected chi connectivity index (χ2v) is 4.93. The molecular weight excluding hydrogens is 424 g/mol. The smallest absolute Gasteiger partial charge is 0.0463 e. The number of rotatable bonds is 0. The molecule has 2 rings (SSSR count). The SMILES string of the molecule is C[C-]1COCC2(CCN(C)CC2)C1.[Lr]. The number of hydrogen-bond donors (Lipinski definition) is 0. The largest absolute Gasteiger partial charge is 0.412 e. The van der Waals surface area contributed by atoms with Crippen molar-refractivity contribution in [1.82, 2.24) is 4.90 Å². The van der Waals surface area contributed by atoms with Crippen LogP contribution in [-0.2, 0) is 4.74 Å². The van der Waals surface area contributed by atoms with Crippen molar-refractivity contribution in [2.24, 2.45) is 5.41 Å². The minimum absolute atomic E-state index is 0. The number of likely N-dealkylation sites (tertiary alicyclic amines) is 1. The molecule has 2 fully saturated rings. The van der Waals surface area contributed by atoms with Gasteiger partial charge in [-0.15, -0.1) is 0 Å². The Morgan fingerprint density at radius 2 is 1.93 bits per heavy atom. The molecule has 0 unspecified atom stereocenters. The van der Waals surface area contributed by atoms with Crippen LogP contribution >= 0.6 is 0 Å². The van der Waals surface area contributed by atoms with Gasteiger partial charge in [0.25, 0.3) is 0 Å². The molecule has 0 saturated carbocycles. The minimum atomic E-state index is 0. The number of ether oxygens (including phenoxy) is 1. The first-order valence-corrected chi connectivity index (χ1v) is 5.28. The summed E-state index contributed by atoms with van der Waals surface area (Å²) in [5.74, 6) is 1.54. The summed E-state index contributed by atoms with van der Waals surface area (Å²) in [6, 6.07) is 0. The van der Waals surface area contributed by atoms with Gasteiger partial charge in [0.1, 0.15) is 0 Å². The summed E-state index contributed by atoms with van der Waals surface area (Å²) >= 11 is 0. The van der Waals surface area contributed by atoms with Crippen LogP contribution in [-0.4, -0.2) is 38.3 Å². The van der Waals surface area contributed by atoms with Crippen LogP contribution in [0.2, 0.25) is 0 Å². The summed E-state index contributed by atoms with van der Waals surface area (Å²) in [4.78, 5) is 2.43. The first-order valence-electron chi connectivity index (χ1n) is 5.28. The Morgan fingerprint density at radius 1 is 1.29 bits per heavy atom. The van der Waals surface area contributed by atoms with Crippen molar-refractivity contribution >= 4 is 0 Å². The summed E-state index contributed by atoms with van der Waals surface area (Å²) in [6.45, 7) is 6.63. The molecule has 3 heteroatoms. The van der Waals surface area contributed by atoms with E-state index in [1.54, 1.807) is 0 Å². The van der Waals surface area contributed by atoms with Crippen molar-refractivity contribution in [2.45, 2.75) is 26.2 Å². The predicted octanol–water partition coefficient (Wildman–Crippen LogP) is 1.71. The summed E-state index contributed by atoms with van der Waals surface area (Å²) in [7, 11) is 2.22. The first-order chi connectivity index (χ1) is 6.20. The molecule has 0 amide bonds. The third-order valence-corrected chi connectivity index (χ3v) is 3.48. The van der Waals surface area contributed by atoms with E-state index in [1.165, 1.54) is 38.3 Å². The van der Waals surface area contributed by atoms with Crippen molar-refractivity contribution in [2.75, 3.05) is 33.4 Å². The summed E-state index contributed by atoms with van der Waals surface area (Å²) < 4.78 is 5.65. The zero-order valence-electron chi connectivity index (χ0n) is 9.06. The van der Waals surface area contributed by atoms with Crippen molar-refractivity contribution in [3.05, 3.63) is 5.92 Å². The Bertz CT molecular complexity index is 178. The Labute approximate surface area is 81.3 Å². The molecule has 2 aliphatic rings. The maximum Gasteiger partial charge on any atom is 0.0463 e. The quantitative estimate of drug-likeness (QED) is 0.528. The molecular formula is C11H20LrNO-. The van der Waals surface area contributed by atoms with Gasteiger partial charge >= 0.3 is 0 Å². The zero-order valence-corrected chi connectivity index (χ0v) is 11.2. The van der Waals surface area contributed by atoms with Gasteiger partial charge in [0.05, 0.1) is 0 Å². The van der Waals surface area contributed by atoms with Crippen LogP contribution < -0.4 is 0 Å².